The Balaban J connectivity index is 0.000000963. The van der Waals surface area contributed by atoms with Crippen LogP contribution in [0.25, 0.3) is 6.08 Å². The molecule has 1 aromatic rings. The van der Waals surface area contributed by atoms with E-state index in [-0.39, 0.29) is 12.4 Å². The van der Waals surface area contributed by atoms with Crippen molar-refractivity contribution in [1.82, 2.24) is 5.32 Å². The molecule has 2 aliphatic rings. The molecular weight excluding hydrogens is 218 g/mol. The largest absolute Gasteiger partial charge is 0.316 e. The molecule has 1 aromatic carbocycles. The number of benzene rings is 1. The van der Waals surface area contributed by atoms with E-state index in [0.29, 0.717) is 0 Å². The van der Waals surface area contributed by atoms with Gasteiger partial charge in [0.1, 0.15) is 0 Å². The van der Waals surface area contributed by atoms with Crippen LogP contribution in [0.1, 0.15) is 17.5 Å². The molecule has 0 aromatic heterocycles. The summed E-state index contributed by atoms with van der Waals surface area (Å²) in [7, 11) is 0. The maximum Gasteiger partial charge on any atom is -0.00117 e. The highest BCUT2D eigenvalue weighted by molar-refractivity contribution is 5.85. The van der Waals surface area contributed by atoms with Crippen molar-refractivity contribution in [3.05, 3.63) is 41.5 Å². The zero-order chi connectivity index (χ0) is 10.1. The highest BCUT2D eigenvalue weighted by Gasteiger charge is 2.25. The number of hydrogen-bond acceptors (Lipinski definition) is 1. The molecule has 0 amide bonds. The standard InChI is InChI=1S/C14H17N.ClH/c1-2-4-13-9-14-10-15-8-7-12(14)6-5-11(13)3-1;/h1-6,12,14-15H,7-10H2;1H/t12-,14-;/m1./s1. The van der Waals surface area contributed by atoms with Crippen molar-refractivity contribution in [2.45, 2.75) is 12.8 Å². The molecule has 0 spiro atoms. The number of halogens is 1. The summed E-state index contributed by atoms with van der Waals surface area (Å²) in [5, 5.41) is 3.51. The second-order valence-corrected chi connectivity index (χ2v) is 4.68. The van der Waals surface area contributed by atoms with E-state index in [9.17, 15) is 0 Å². The Labute approximate surface area is 103 Å². The molecule has 2 atom stereocenters. The van der Waals surface area contributed by atoms with Crippen molar-refractivity contribution in [2.24, 2.45) is 11.8 Å². The topological polar surface area (TPSA) is 12.0 Å². The van der Waals surface area contributed by atoms with Crippen molar-refractivity contribution in [1.29, 1.82) is 0 Å². The van der Waals surface area contributed by atoms with Gasteiger partial charge in [-0.2, -0.15) is 0 Å². The lowest BCUT2D eigenvalue weighted by Crippen LogP contribution is -2.36. The van der Waals surface area contributed by atoms with Gasteiger partial charge in [0.2, 0.25) is 0 Å². The van der Waals surface area contributed by atoms with Crippen LogP contribution in [0, 0.1) is 11.8 Å². The molecule has 3 rings (SSSR count). The Morgan fingerprint density at radius 3 is 3.00 bits per heavy atom. The van der Waals surface area contributed by atoms with Crippen LogP contribution in [0.5, 0.6) is 0 Å². The Morgan fingerprint density at radius 1 is 1.19 bits per heavy atom. The molecule has 1 nitrogen and oxygen atoms in total. The second kappa shape index (κ2) is 5.03. The summed E-state index contributed by atoms with van der Waals surface area (Å²) in [6, 6.07) is 8.80. The minimum Gasteiger partial charge on any atom is -0.316 e. The fourth-order valence-corrected chi connectivity index (χ4v) is 2.81. The molecule has 1 saturated heterocycles. The third-order valence-electron chi connectivity index (χ3n) is 3.73. The van der Waals surface area contributed by atoms with E-state index < -0.39 is 0 Å². The van der Waals surface area contributed by atoms with Gasteiger partial charge in [-0.3, -0.25) is 0 Å². The van der Waals surface area contributed by atoms with E-state index in [0.717, 1.165) is 11.8 Å². The van der Waals surface area contributed by atoms with Crippen LogP contribution in [0.15, 0.2) is 30.3 Å². The fraction of sp³-hybridized carbons (Fsp3) is 0.429. The van der Waals surface area contributed by atoms with E-state index in [1.807, 2.05) is 0 Å². The molecule has 0 saturated carbocycles. The summed E-state index contributed by atoms with van der Waals surface area (Å²) in [6.45, 7) is 2.37. The zero-order valence-corrected chi connectivity index (χ0v) is 10.2. The predicted molar refractivity (Wildman–Crippen MR) is 70.9 cm³/mol. The van der Waals surface area contributed by atoms with Crippen LogP contribution in [-0.4, -0.2) is 13.1 Å². The minimum absolute atomic E-state index is 0. The molecule has 16 heavy (non-hydrogen) atoms. The van der Waals surface area contributed by atoms with Gasteiger partial charge in [0, 0.05) is 0 Å². The van der Waals surface area contributed by atoms with E-state index in [1.165, 1.54) is 37.1 Å². The summed E-state index contributed by atoms with van der Waals surface area (Å²) >= 11 is 0. The second-order valence-electron chi connectivity index (χ2n) is 4.68. The van der Waals surface area contributed by atoms with Crippen molar-refractivity contribution in [3.8, 4) is 0 Å². The summed E-state index contributed by atoms with van der Waals surface area (Å²) in [6.07, 6.45) is 7.29. The van der Waals surface area contributed by atoms with E-state index in [2.05, 4.69) is 41.7 Å². The van der Waals surface area contributed by atoms with Crippen molar-refractivity contribution < 1.29 is 0 Å². The van der Waals surface area contributed by atoms with E-state index in [4.69, 9.17) is 0 Å². The van der Waals surface area contributed by atoms with Crippen LogP contribution >= 0.6 is 12.4 Å². The van der Waals surface area contributed by atoms with Gasteiger partial charge >= 0.3 is 0 Å². The normalized spacial score (nSPS) is 27.2. The summed E-state index contributed by atoms with van der Waals surface area (Å²) in [5.74, 6) is 1.59. The van der Waals surface area contributed by atoms with Crippen molar-refractivity contribution in [2.75, 3.05) is 13.1 Å². The Morgan fingerprint density at radius 2 is 2.06 bits per heavy atom. The number of nitrogens with one attached hydrogen (secondary N) is 1. The van der Waals surface area contributed by atoms with E-state index in [1.54, 1.807) is 0 Å². The molecule has 2 heteroatoms. The molecule has 1 aliphatic heterocycles. The molecule has 1 heterocycles. The first-order valence-electron chi connectivity index (χ1n) is 5.90. The Bertz CT molecular complexity index is 386. The van der Waals surface area contributed by atoms with Gasteiger partial charge in [0.25, 0.3) is 0 Å². The summed E-state index contributed by atoms with van der Waals surface area (Å²) < 4.78 is 0. The average Bonchev–Trinajstić information content (AvgIpc) is 2.48. The van der Waals surface area contributed by atoms with Gasteiger partial charge in [-0.25, -0.2) is 0 Å². The summed E-state index contributed by atoms with van der Waals surface area (Å²) in [5.41, 5.74) is 2.94. The van der Waals surface area contributed by atoms with Crippen LogP contribution in [-0.2, 0) is 6.42 Å². The van der Waals surface area contributed by atoms with E-state index >= 15 is 0 Å². The van der Waals surface area contributed by atoms with Crippen molar-refractivity contribution in [3.63, 3.8) is 0 Å². The third-order valence-corrected chi connectivity index (χ3v) is 3.73. The quantitative estimate of drug-likeness (QED) is 0.729. The first-order valence-corrected chi connectivity index (χ1v) is 5.90. The van der Waals surface area contributed by atoms with Crippen LogP contribution in [0.4, 0.5) is 0 Å². The molecule has 1 aliphatic carbocycles. The Hall–Kier alpha value is -0.790. The summed E-state index contributed by atoms with van der Waals surface area (Å²) in [4.78, 5) is 0. The lowest BCUT2D eigenvalue weighted by molar-refractivity contribution is 0.303. The fourth-order valence-electron chi connectivity index (χ4n) is 2.81. The first kappa shape index (κ1) is 11.7. The molecule has 1 fully saturated rings. The monoisotopic (exact) mass is 235 g/mol. The first-order chi connectivity index (χ1) is 7.43. The number of rotatable bonds is 0. The predicted octanol–water partition coefficient (Wildman–Crippen LogP) is 2.90. The zero-order valence-electron chi connectivity index (χ0n) is 9.36. The molecule has 0 bridgehead atoms. The maximum atomic E-state index is 3.51. The van der Waals surface area contributed by atoms with Gasteiger partial charge < -0.3 is 5.32 Å². The SMILES string of the molecule is C1=C[C@@H]2CCNC[C@H]2Cc2ccccc21.Cl. The molecule has 86 valence electrons. The average molecular weight is 236 g/mol. The number of allylic oxidation sites excluding steroid dienone is 1. The molecule has 1 N–H and O–H groups in total. The highest BCUT2D eigenvalue weighted by atomic mass is 35.5. The van der Waals surface area contributed by atoms with Crippen LogP contribution < -0.4 is 5.32 Å². The maximum absolute atomic E-state index is 3.51. The lowest BCUT2D eigenvalue weighted by atomic mass is 9.83. The number of hydrogen-bond donors (Lipinski definition) is 1. The third kappa shape index (κ3) is 2.16. The smallest absolute Gasteiger partial charge is 0.00117 e. The molecule has 0 unspecified atom stereocenters. The molecular formula is C14H18ClN. The number of piperidine rings is 1. The van der Waals surface area contributed by atoms with Crippen LogP contribution in [0.3, 0.4) is 0 Å². The number of fused-ring (bicyclic) bond motifs is 2. The van der Waals surface area contributed by atoms with Gasteiger partial charge in [-0.15, -0.1) is 12.4 Å². The van der Waals surface area contributed by atoms with Crippen molar-refractivity contribution >= 4 is 18.5 Å². The van der Waals surface area contributed by atoms with Crippen LogP contribution in [0.2, 0.25) is 0 Å². The van der Waals surface area contributed by atoms with Gasteiger partial charge in [0.15, 0.2) is 0 Å². The molecule has 0 radical (unpaired) electrons. The van der Waals surface area contributed by atoms with Gasteiger partial charge in [0.05, 0.1) is 0 Å². The minimum atomic E-state index is 0. The van der Waals surface area contributed by atoms with Gasteiger partial charge in [-0.05, 0) is 48.9 Å². The lowest BCUT2D eigenvalue weighted by Gasteiger charge is -2.29. The Kier molecular flexibility index (Phi) is 3.67. The highest BCUT2D eigenvalue weighted by Crippen LogP contribution is 2.29. The van der Waals surface area contributed by atoms with Gasteiger partial charge in [-0.1, -0.05) is 36.4 Å².